The molecular weight excluding hydrogens is 535 g/mol. The van der Waals surface area contributed by atoms with Crippen molar-refractivity contribution in [2.75, 3.05) is 18.4 Å². The summed E-state index contributed by atoms with van der Waals surface area (Å²) in [6, 6.07) is 14.8. The Bertz CT molecular complexity index is 1260. The molecule has 1 atom stereocenters. The van der Waals surface area contributed by atoms with E-state index in [2.05, 4.69) is 15.5 Å². The van der Waals surface area contributed by atoms with Crippen LogP contribution in [0.1, 0.15) is 24.0 Å². The predicted octanol–water partition coefficient (Wildman–Crippen LogP) is 5.32. The predicted molar refractivity (Wildman–Crippen MR) is 138 cm³/mol. The van der Waals surface area contributed by atoms with Crippen LogP contribution < -0.4 is 5.32 Å². The molecule has 1 aliphatic rings. The van der Waals surface area contributed by atoms with Gasteiger partial charge in [0.1, 0.15) is 0 Å². The minimum Gasteiger partial charge on any atom is -0.300 e. The number of carbonyl (C=O) groups is 1. The summed E-state index contributed by atoms with van der Waals surface area (Å²) in [6.07, 6.45) is 1.21. The number of nitrogens with zero attached hydrogens (tertiary/aromatic N) is 3. The lowest BCUT2D eigenvalue weighted by molar-refractivity contribution is -0.120. The minimum atomic E-state index is -3.61. The Morgan fingerprint density at radius 3 is 2.68 bits per heavy atom. The maximum absolute atomic E-state index is 13.0. The van der Waals surface area contributed by atoms with Gasteiger partial charge < -0.3 is 5.32 Å². The number of halogens is 2. The summed E-state index contributed by atoms with van der Waals surface area (Å²) in [5.74, 6) is -0.138. The Balaban J connectivity index is 1.33. The van der Waals surface area contributed by atoms with Crippen molar-refractivity contribution >= 4 is 67.4 Å². The van der Waals surface area contributed by atoms with Gasteiger partial charge in [-0.3, -0.25) is 4.79 Å². The van der Waals surface area contributed by atoms with Crippen LogP contribution in [0.2, 0.25) is 10.0 Å². The molecule has 0 bridgehead atoms. The third-order valence-corrected chi connectivity index (χ3v) is 9.92. The van der Waals surface area contributed by atoms with E-state index in [9.17, 15) is 13.2 Å². The van der Waals surface area contributed by atoms with Crippen molar-refractivity contribution in [3.63, 3.8) is 0 Å². The average molecular weight is 558 g/mol. The van der Waals surface area contributed by atoms with Crippen LogP contribution in [-0.2, 0) is 26.3 Å². The largest absolute Gasteiger partial charge is 0.300 e. The van der Waals surface area contributed by atoms with E-state index in [0.717, 1.165) is 10.1 Å². The van der Waals surface area contributed by atoms with Gasteiger partial charge in [-0.15, -0.1) is 10.2 Å². The number of rotatable bonds is 8. The van der Waals surface area contributed by atoms with Gasteiger partial charge in [0.25, 0.3) is 0 Å². The number of carbonyl (C=O) groups excluding carboxylic acids is 1. The Morgan fingerprint density at radius 2 is 1.91 bits per heavy atom. The van der Waals surface area contributed by atoms with Gasteiger partial charge >= 0.3 is 0 Å². The quantitative estimate of drug-likeness (QED) is 0.298. The van der Waals surface area contributed by atoms with Gasteiger partial charge in [0.2, 0.25) is 21.1 Å². The lowest BCUT2D eigenvalue weighted by Crippen LogP contribution is -2.44. The Labute approximate surface area is 216 Å². The third-order valence-electron chi connectivity index (χ3n) is 5.32. The van der Waals surface area contributed by atoms with Crippen molar-refractivity contribution < 1.29 is 13.2 Å². The molecule has 0 aliphatic carbocycles. The first-order valence-corrected chi connectivity index (χ1v) is 14.7. The summed E-state index contributed by atoms with van der Waals surface area (Å²) in [4.78, 5) is 12.8. The summed E-state index contributed by atoms with van der Waals surface area (Å²) in [5.41, 5.74) is 1.73. The second-order valence-electron chi connectivity index (χ2n) is 7.84. The van der Waals surface area contributed by atoms with E-state index in [-0.39, 0.29) is 18.2 Å². The number of anilines is 1. The topological polar surface area (TPSA) is 92.3 Å². The van der Waals surface area contributed by atoms with Crippen LogP contribution in [0.25, 0.3) is 0 Å². The highest BCUT2D eigenvalue weighted by molar-refractivity contribution is 8.00. The number of nitrogens with one attached hydrogen (secondary N) is 1. The van der Waals surface area contributed by atoms with Crippen LogP contribution >= 0.6 is 46.3 Å². The van der Waals surface area contributed by atoms with Gasteiger partial charge in [-0.2, -0.15) is 0 Å². The SMILES string of the molecule is O=C(Nc1nnc(SCc2ccccc2)s1)[C@@H]1CCCN(S(=O)(=O)Cc2ccc(Cl)c(Cl)c2)C1. The number of amides is 1. The van der Waals surface area contributed by atoms with E-state index in [1.807, 2.05) is 30.3 Å². The Morgan fingerprint density at radius 1 is 1.12 bits per heavy atom. The van der Waals surface area contributed by atoms with E-state index in [0.29, 0.717) is 40.1 Å². The number of benzene rings is 2. The van der Waals surface area contributed by atoms with Crippen LogP contribution in [-0.4, -0.2) is 41.9 Å². The van der Waals surface area contributed by atoms with E-state index >= 15 is 0 Å². The maximum Gasteiger partial charge on any atom is 0.230 e. The summed E-state index contributed by atoms with van der Waals surface area (Å²) >= 11 is 14.8. The van der Waals surface area contributed by atoms with Crippen molar-refractivity contribution in [3.05, 3.63) is 69.7 Å². The van der Waals surface area contributed by atoms with Gasteiger partial charge in [-0.25, -0.2) is 12.7 Å². The number of hydrogen-bond donors (Lipinski definition) is 1. The molecule has 1 fully saturated rings. The molecule has 1 amide bonds. The number of hydrogen-bond acceptors (Lipinski definition) is 7. The first-order chi connectivity index (χ1) is 16.3. The maximum atomic E-state index is 13.0. The molecule has 1 N–H and O–H groups in total. The normalized spacial score (nSPS) is 16.9. The molecule has 2 heterocycles. The van der Waals surface area contributed by atoms with Crippen LogP contribution in [0.3, 0.4) is 0 Å². The van der Waals surface area contributed by atoms with Gasteiger partial charge in [-0.1, -0.05) is 82.7 Å². The lowest BCUT2D eigenvalue weighted by atomic mass is 9.99. The van der Waals surface area contributed by atoms with Crippen molar-refractivity contribution in [1.29, 1.82) is 0 Å². The fourth-order valence-electron chi connectivity index (χ4n) is 3.59. The van der Waals surface area contributed by atoms with Gasteiger partial charge in [-0.05, 0) is 36.1 Å². The highest BCUT2D eigenvalue weighted by atomic mass is 35.5. The van der Waals surface area contributed by atoms with Crippen LogP contribution in [0, 0.1) is 5.92 Å². The zero-order valence-electron chi connectivity index (χ0n) is 18.0. The van der Waals surface area contributed by atoms with Gasteiger partial charge in [0.15, 0.2) is 4.34 Å². The molecule has 7 nitrogen and oxygen atoms in total. The van der Waals surface area contributed by atoms with Crippen molar-refractivity contribution in [2.45, 2.75) is 28.7 Å². The summed E-state index contributed by atoms with van der Waals surface area (Å²) in [7, 11) is -3.61. The Kier molecular flexibility index (Phi) is 8.49. The standard InChI is InChI=1S/C22H22Cl2N4O3S3/c23-18-9-8-16(11-19(18)24)14-34(30,31)28-10-4-7-17(12-28)20(29)25-21-26-27-22(33-21)32-13-15-5-2-1-3-6-15/h1-3,5-6,8-9,11,17H,4,7,10,12-14H2,(H,25,26,29)/t17-/m1/s1. The number of aromatic nitrogens is 2. The first kappa shape index (κ1) is 25.4. The Hall–Kier alpha value is -1.69. The average Bonchev–Trinajstić information content (AvgIpc) is 3.28. The zero-order valence-corrected chi connectivity index (χ0v) is 21.9. The molecule has 1 saturated heterocycles. The highest BCUT2D eigenvalue weighted by Crippen LogP contribution is 2.30. The molecule has 0 radical (unpaired) electrons. The number of sulfonamides is 1. The van der Waals surface area contributed by atoms with Crippen LogP contribution in [0.4, 0.5) is 5.13 Å². The molecule has 0 unspecified atom stereocenters. The van der Waals surface area contributed by atoms with E-state index in [1.165, 1.54) is 21.2 Å². The molecule has 12 heteroatoms. The van der Waals surface area contributed by atoms with Gasteiger partial charge in [0.05, 0.1) is 21.7 Å². The third kappa shape index (κ3) is 6.71. The van der Waals surface area contributed by atoms with Crippen molar-refractivity contribution in [1.82, 2.24) is 14.5 Å². The van der Waals surface area contributed by atoms with E-state index < -0.39 is 15.9 Å². The minimum absolute atomic E-state index is 0.129. The van der Waals surface area contributed by atoms with Crippen molar-refractivity contribution in [3.8, 4) is 0 Å². The molecule has 0 saturated carbocycles. The zero-order chi connectivity index (χ0) is 24.1. The van der Waals surface area contributed by atoms with Crippen LogP contribution in [0.5, 0.6) is 0 Å². The van der Waals surface area contributed by atoms with Crippen LogP contribution in [0.15, 0.2) is 52.9 Å². The van der Waals surface area contributed by atoms with Gasteiger partial charge in [0, 0.05) is 18.8 Å². The molecular formula is C22H22Cl2N4O3S3. The fourth-order valence-corrected chi connectivity index (χ4v) is 7.21. The van der Waals surface area contributed by atoms with Crippen molar-refractivity contribution in [2.24, 2.45) is 5.92 Å². The van der Waals surface area contributed by atoms with E-state index in [4.69, 9.17) is 23.2 Å². The molecule has 0 spiro atoms. The van der Waals surface area contributed by atoms with E-state index in [1.54, 1.807) is 30.0 Å². The summed E-state index contributed by atoms with van der Waals surface area (Å²) < 4.78 is 28.1. The molecule has 1 aromatic heterocycles. The molecule has 4 rings (SSSR count). The molecule has 180 valence electrons. The highest BCUT2D eigenvalue weighted by Gasteiger charge is 2.33. The first-order valence-electron chi connectivity index (χ1n) is 10.5. The smallest absolute Gasteiger partial charge is 0.230 e. The summed E-state index contributed by atoms with van der Waals surface area (Å²) in [5, 5.41) is 12.1. The molecule has 3 aromatic rings. The summed E-state index contributed by atoms with van der Waals surface area (Å²) in [6.45, 7) is 0.510. The monoisotopic (exact) mass is 556 g/mol. The second kappa shape index (κ2) is 11.4. The molecule has 2 aromatic carbocycles. The lowest BCUT2D eigenvalue weighted by Gasteiger charge is -2.31. The molecule has 34 heavy (non-hydrogen) atoms. The number of piperidine rings is 1. The number of thioether (sulfide) groups is 1. The fraction of sp³-hybridized carbons (Fsp3) is 0.318. The molecule has 1 aliphatic heterocycles. The second-order valence-corrected chi connectivity index (χ2v) is 12.8.